The lowest BCUT2D eigenvalue weighted by molar-refractivity contribution is 0.0289. The van der Waals surface area contributed by atoms with Crippen molar-refractivity contribution in [1.29, 1.82) is 0 Å². The van der Waals surface area contributed by atoms with E-state index in [-0.39, 0.29) is 11.7 Å². The number of anilines is 4. The molecule has 1 amide bonds. The van der Waals surface area contributed by atoms with Gasteiger partial charge in [0.15, 0.2) is 0 Å². The number of halogens is 1. The number of carbonyl (C=O) groups is 1. The fourth-order valence-electron chi connectivity index (χ4n) is 3.86. The Morgan fingerprint density at radius 2 is 2.03 bits per heavy atom. The van der Waals surface area contributed by atoms with Crippen molar-refractivity contribution in [1.82, 2.24) is 25.4 Å². The quantitative estimate of drug-likeness (QED) is 0.370. The van der Waals surface area contributed by atoms with E-state index in [2.05, 4.69) is 31.0 Å². The molecule has 0 unspecified atom stereocenters. The molecular formula is C25H31FN8O2. The normalized spacial score (nSPS) is 16.3. The van der Waals surface area contributed by atoms with Crippen LogP contribution in [0.2, 0.25) is 0 Å². The minimum absolute atomic E-state index is 0.0271. The van der Waals surface area contributed by atoms with Crippen molar-refractivity contribution < 1.29 is 13.9 Å². The van der Waals surface area contributed by atoms with E-state index >= 15 is 0 Å². The smallest absolute Gasteiger partial charge is 0.422 e. The number of nitrogens with one attached hydrogen (secondary N) is 3. The lowest BCUT2D eigenvalue weighted by Crippen LogP contribution is -2.52. The van der Waals surface area contributed by atoms with Crippen LogP contribution in [0.25, 0.3) is 11.3 Å². The number of nitrogens with zero attached hydrogens (tertiary/aromatic N) is 4. The van der Waals surface area contributed by atoms with Crippen LogP contribution in [-0.2, 0) is 4.74 Å². The van der Waals surface area contributed by atoms with Crippen molar-refractivity contribution in [2.75, 3.05) is 29.5 Å². The summed E-state index contributed by atoms with van der Waals surface area (Å²) in [6.07, 6.45) is 4.59. The topological polar surface area (TPSA) is 130 Å². The minimum atomic E-state index is -0.564. The number of aromatic nitrogens is 3. The van der Waals surface area contributed by atoms with Crippen LogP contribution >= 0.6 is 0 Å². The fourth-order valence-corrected chi connectivity index (χ4v) is 3.86. The number of hydrogen-bond acceptors (Lipinski definition) is 9. The maximum Gasteiger partial charge on any atom is 0.422 e. The third-order valence-corrected chi connectivity index (χ3v) is 5.39. The lowest BCUT2D eigenvalue weighted by atomic mass is 10.1. The van der Waals surface area contributed by atoms with Gasteiger partial charge >= 0.3 is 6.09 Å². The highest BCUT2D eigenvalue weighted by molar-refractivity contribution is 5.76. The summed E-state index contributed by atoms with van der Waals surface area (Å²) >= 11 is 0. The average Bonchev–Trinajstić information content (AvgIpc) is 2.80. The number of hydrazine groups is 1. The van der Waals surface area contributed by atoms with E-state index in [1.807, 2.05) is 31.8 Å². The van der Waals surface area contributed by atoms with E-state index in [4.69, 9.17) is 10.5 Å². The monoisotopic (exact) mass is 494 g/mol. The second kappa shape index (κ2) is 10.7. The molecule has 0 saturated carbocycles. The number of rotatable bonds is 6. The SMILES string of the molecule is CC(C)(C)OC(=O)NN1CCC[C@H](Nc2nccc(-c3cccnc3Nc3ccc(N)cc3F)n2)C1. The predicted molar refractivity (Wildman–Crippen MR) is 137 cm³/mol. The molecule has 36 heavy (non-hydrogen) atoms. The van der Waals surface area contributed by atoms with Gasteiger partial charge in [0, 0.05) is 42.8 Å². The van der Waals surface area contributed by atoms with E-state index in [0.717, 1.165) is 19.4 Å². The second-order valence-electron chi connectivity index (χ2n) is 9.57. The summed E-state index contributed by atoms with van der Waals surface area (Å²) < 4.78 is 19.7. The fraction of sp³-hybridized carbons (Fsp3) is 0.360. The first-order chi connectivity index (χ1) is 17.2. The van der Waals surface area contributed by atoms with Gasteiger partial charge in [-0.15, -0.1) is 0 Å². The molecule has 0 aliphatic carbocycles. The Labute approximate surface area is 209 Å². The van der Waals surface area contributed by atoms with Crippen molar-refractivity contribution in [3.05, 3.63) is 54.6 Å². The summed E-state index contributed by atoms with van der Waals surface area (Å²) in [5.74, 6) is 0.430. The summed E-state index contributed by atoms with van der Waals surface area (Å²) in [6.45, 7) is 6.78. The molecule has 4 rings (SSSR count). The van der Waals surface area contributed by atoms with Gasteiger partial charge in [0.2, 0.25) is 5.95 Å². The highest BCUT2D eigenvalue weighted by atomic mass is 19.1. The summed E-state index contributed by atoms with van der Waals surface area (Å²) in [6, 6.07) is 9.87. The van der Waals surface area contributed by atoms with Crippen LogP contribution in [-0.4, -0.2) is 50.8 Å². The first-order valence-corrected chi connectivity index (χ1v) is 11.8. The third kappa shape index (κ3) is 6.79. The molecule has 0 bridgehead atoms. The molecular weight excluding hydrogens is 463 g/mol. The van der Waals surface area contributed by atoms with Gasteiger partial charge in [0.05, 0.1) is 11.4 Å². The van der Waals surface area contributed by atoms with Gasteiger partial charge in [-0.3, -0.25) is 5.43 Å². The molecule has 1 aliphatic heterocycles. The van der Waals surface area contributed by atoms with Gasteiger partial charge in [-0.25, -0.2) is 29.1 Å². The molecule has 3 heterocycles. The van der Waals surface area contributed by atoms with Crippen LogP contribution in [0.4, 0.5) is 32.3 Å². The van der Waals surface area contributed by atoms with Gasteiger partial charge < -0.3 is 21.1 Å². The number of amides is 1. The Kier molecular flexibility index (Phi) is 7.49. The molecule has 0 radical (unpaired) electrons. The van der Waals surface area contributed by atoms with Crippen LogP contribution in [0.3, 0.4) is 0 Å². The summed E-state index contributed by atoms with van der Waals surface area (Å²) in [7, 11) is 0. The number of carbonyl (C=O) groups excluding carboxylic acids is 1. The number of pyridine rings is 1. The van der Waals surface area contributed by atoms with Crippen molar-refractivity contribution in [3.63, 3.8) is 0 Å². The van der Waals surface area contributed by atoms with Crippen LogP contribution < -0.4 is 21.8 Å². The Morgan fingerprint density at radius 3 is 2.81 bits per heavy atom. The first-order valence-electron chi connectivity index (χ1n) is 11.8. The second-order valence-corrected chi connectivity index (χ2v) is 9.57. The number of ether oxygens (including phenoxy) is 1. The highest BCUT2D eigenvalue weighted by Gasteiger charge is 2.24. The Hall–Kier alpha value is -3.99. The van der Waals surface area contributed by atoms with Crippen LogP contribution in [0.15, 0.2) is 48.8 Å². The zero-order valence-electron chi connectivity index (χ0n) is 20.6. The van der Waals surface area contributed by atoms with Crippen LogP contribution in [0.5, 0.6) is 0 Å². The van der Waals surface area contributed by atoms with Gasteiger partial charge in [-0.1, -0.05) is 0 Å². The molecule has 11 heteroatoms. The van der Waals surface area contributed by atoms with Gasteiger partial charge in [0.1, 0.15) is 17.2 Å². The highest BCUT2D eigenvalue weighted by Crippen LogP contribution is 2.29. The van der Waals surface area contributed by atoms with E-state index in [9.17, 15) is 9.18 Å². The summed E-state index contributed by atoms with van der Waals surface area (Å²) in [4.78, 5) is 25.5. The molecule has 0 spiro atoms. The van der Waals surface area contributed by atoms with Crippen molar-refractivity contribution in [2.24, 2.45) is 0 Å². The third-order valence-electron chi connectivity index (χ3n) is 5.39. The van der Waals surface area contributed by atoms with E-state index in [1.165, 1.54) is 6.07 Å². The molecule has 2 aromatic heterocycles. The average molecular weight is 495 g/mol. The van der Waals surface area contributed by atoms with Crippen molar-refractivity contribution >= 4 is 29.2 Å². The maximum atomic E-state index is 14.3. The molecule has 190 valence electrons. The van der Waals surface area contributed by atoms with Crippen LogP contribution in [0.1, 0.15) is 33.6 Å². The number of nitrogens with two attached hydrogens (primary N) is 1. The summed E-state index contributed by atoms with van der Waals surface area (Å²) in [5, 5.41) is 8.22. The predicted octanol–water partition coefficient (Wildman–Crippen LogP) is 4.32. The molecule has 1 atom stereocenters. The zero-order valence-corrected chi connectivity index (χ0v) is 20.6. The van der Waals surface area contributed by atoms with Gasteiger partial charge in [0.25, 0.3) is 0 Å². The largest absolute Gasteiger partial charge is 0.443 e. The zero-order chi connectivity index (χ0) is 25.7. The molecule has 1 fully saturated rings. The van der Waals surface area contributed by atoms with E-state index < -0.39 is 17.5 Å². The van der Waals surface area contributed by atoms with E-state index in [0.29, 0.717) is 35.3 Å². The first kappa shape index (κ1) is 25.1. The molecule has 3 aromatic rings. The van der Waals surface area contributed by atoms with E-state index in [1.54, 1.807) is 36.7 Å². The van der Waals surface area contributed by atoms with Crippen molar-refractivity contribution in [3.8, 4) is 11.3 Å². The molecule has 1 aliphatic rings. The maximum absolute atomic E-state index is 14.3. The number of nitrogen functional groups attached to an aromatic ring is 1. The molecule has 5 N–H and O–H groups in total. The Balaban J connectivity index is 1.45. The van der Waals surface area contributed by atoms with Gasteiger partial charge in [-0.05, 0) is 70.0 Å². The Morgan fingerprint density at radius 1 is 1.19 bits per heavy atom. The molecule has 10 nitrogen and oxygen atoms in total. The summed E-state index contributed by atoms with van der Waals surface area (Å²) in [5.41, 5.74) is 9.81. The lowest BCUT2D eigenvalue weighted by Gasteiger charge is -2.33. The standard InChI is InChI=1S/C25H31FN8O2/c1-25(2,3)36-24(35)33-34-13-5-6-17(15-34)30-23-29-12-10-20(32-23)18-7-4-11-28-22(18)31-21-9-8-16(27)14-19(21)26/h4,7-12,14,17H,5-6,13,15,27H2,1-3H3,(H,28,31)(H,33,35)(H,29,30,32)/t17-/m0/s1. The van der Waals surface area contributed by atoms with Gasteiger partial charge in [-0.2, -0.15) is 0 Å². The van der Waals surface area contributed by atoms with Crippen molar-refractivity contribution in [2.45, 2.75) is 45.3 Å². The molecule has 1 aromatic carbocycles. The molecule has 1 saturated heterocycles. The van der Waals surface area contributed by atoms with Crippen LogP contribution in [0, 0.1) is 5.82 Å². The number of hydrogen-bond donors (Lipinski definition) is 4. The number of piperidine rings is 1. The minimum Gasteiger partial charge on any atom is -0.443 e. The Bertz CT molecular complexity index is 1220. The number of benzene rings is 1.